The van der Waals surface area contributed by atoms with Gasteiger partial charge in [0, 0.05) is 25.8 Å². The van der Waals surface area contributed by atoms with Gasteiger partial charge in [0.2, 0.25) is 0 Å². The first-order chi connectivity index (χ1) is 12.5. The van der Waals surface area contributed by atoms with Crippen molar-refractivity contribution < 1.29 is 8.42 Å². The first kappa shape index (κ1) is 20.9. The molecule has 0 amide bonds. The van der Waals surface area contributed by atoms with Gasteiger partial charge in [-0.1, -0.05) is 6.42 Å². The number of nitrogens with zero attached hydrogens (tertiary/aromatic N) is 3. The second kappa shape index (κ2) is 8.67. The molecule has 1 aliphatic heterocycles. The second-order valence-electron chi connectivity index (χ2n) is 8.19. The Labute approximate surface area is 178 Å². The Kier molecular flexibility index (Phi) is 6.70. The third-order valence-electron chi connectivity index (χ3n) is 6.27. The van der Waals surface area contributed by atoms with E-state index >= 15 is 0 Å². The quantitative estimate of drug-likeness (QED) is 0.360. The number of fused-ring (bicyclic) bond motifs is 2. The van der Waals surface area contributed by atoms with E-state index in [1.165, 1.54) is 25.7 Å². The highest BCUT2D eigenvalue weighted by molar-refractivity contribution is 14.0. The highest BCUT2D eigenvalue weighted by Crippen LogP contribution is 2.44. The number of guanidine groups is 1. The molecule has 2 heterocycles. The molecule has 0 aromatic carbocycles. The molecule has 1 aromatic rings. The van der Waals surface area contributed by atoms with Gasteiger partial charge < -0.3 is 10.6 Å². The summed E-state index contributed by atoms with van der Waals surface area (Å²) in [6, 6.07) is 2.47. The van der Waals surface area contributed by atoms with Crippen molar-refractivity contribution in [2.24, 2.45) is 29.8 Å². The predicted octanol–water partition coefficient (Wildman–Crippen LogP) is 1.70. The summed E-state index contributed by atoms with van der Waals surface area (Å²) in [6.07, 6.45) is 7.79. The Balaban J connectivity index is 0.00000210. The minimum atomic E-state index is -2.84. The summed E-state index contributed by atoms with van der Waals surface area (Å²) in [5, 5.41) is 11.2. The number of nitrogens with one attached hydrogen (secondary N) is 2. The Bertz CT molecular complexity index is 778. The van der Waals surface area contributed by atoms with Crippen molar-refractivity contribution in [2.45, 2.75) is 44.7 Å². The molecule has 0 spiro atoms. The summed E-state index contributed by atoms with van der Waals surface area (Å²) in [4.78, 5) is 4.76. The number of halogens is 1. The lowest BCUT2D eigenvalue weighted by atomic mass is 9.95. The van der Waals surface area contributed by atoms with E-state index < -0.39 is 9.84 Å². The molecular formula is C18H30IN5O2S. The Morgan fingerprint density at radius 1 is 1.33 bits per heavy atom. The van der Waals surface area contributed by atoms with E-state index in [9.17, 15) is 8.42 Å². The van der Waals surface area contributed by atoms with Crippen molar-refractivity contribution in [3.8, 4) is 0 Å². The molecule has 4 rings (SSSR count). The number of aromatic nitrogens is 2. The first-order valence-corrected chi connectivity index (χ1v) is 11.5. The number of hydrogen-bond donors (Lipinski definition) is 2. The fraction of sp³-hybridized carbons (Fsp3) is 0.778. The monoisotopic (exact) mass is 507 g/mol. The molecule has 4 atom stereocenters. The largest absolute Gasteiger partial charge is 0.356 e. The molecule has 3 fully saturated rings. The average Bonchev–Trinajstić information content (AvgIpc) is 3.36. The highest BCUT2D eigenvalue weighted by Gasteiger charge is 2.40. The maximum Gasteiger partial charge on any atom is 0.191 e. The van der Waals surface area contributed by atoms with Crippen molar-refractivity contribution in [3.63, 3.8) is 0 Å². The van der Waals surface area contributed by atoms with Crippen LogP contribution < -0.4 is 10.6 Å². The van der Waals surface area contributed by atoms with Crippen molar-refractivity contribution >= 4 is 39.8 Å². The number of sulfone groups is 1. The van der Waals surface area contributed by atoms with Crippen LogP contribution in [0.15, 0.2) is 17.3 Å². The lowest BCUT2D eigenvalue weighted by molar-refractivity contribution is 0.386. The molecule has 7 nitrogen and oxygen atoms in total. The van der Waals surface area contributed by atoms with Gasteiger partial charge >= 0.3 is 0 Å². The molecule has 27 heavy (non-hydrogen) atoms. The lowest BCUT2D eigenvalue weighted by Gasteiger charge is -2.25. The zero-order chi connectivity index (χ0) is 18.1. The van der Waals surface area contributed by atoms with Crippen LogP contribution in [0.25, 0.3) is 0 Å². The van der Waals surface area contributed by atoms with Crippen molar-refractivity contribution in [3.05, 3.63) is 18.0 Å². The van der Waals surface area contributed by atoms with E-state index in [0.717, 1.165) is 29.9 Å². The zero-order valence-corrected chi connectivity index (χ0v) is 18.9. The Morgan fingerprint density at radius 2 is 2.19 bits per heavy atom. The molecule has 9 heteroatoms. The van der Waals surface area contributed by atoms with E-state index in [-0.39, 0.29) is 29.9 Å². The molecule has 3 aliphatic rings. The van der Waals surface area contributed by atoms with Crippen LogP contribution in [0, 0.1) is 17.8 Å². The number of hydrogen-bond acceptors (Lipinski definition) is 4. The molecule has 2 saturated carbocycles. The molecule has 2 aliphatic carbocycles. The van der Waals surface area contributed by atoms with Gasteiger partial charge in [0.15, 0.2) is 15.8 Å². The van der Waals surface area contributed by atoms with Crippen LogP contribution in [-0.4, -0.2) is 48.3 Å². The van der Waals surface area contributed by atoms with Crippen LogP contribution in [0.4, 0.5) is 0 Å². The Morgan fingerprint density at radius 3 is 2.78 bits per heavy atom. The van der Waals surface area contributed by atoms with Crippen LogP contribution in [0.1, 0.15) is 37.8 Å². The molecule has 152 valence electrons. The van der Waals surface area contributed by atoms with Gasteiger partial charge in [-0.2, -0.15) is 5.10 Å². The van der Waals surface area contributed by atoms with Gasteiger partial charge in [0.1, 0.15) is 0 Å². The summed E-state index contributed by atoms with van der Waals surface area (Å²) in [7, 11) is -0.917. The Hall–Kier alpha value is -0.840. The van der Waals surface area contributed by atoms with Crippen LogP contribution in [-0.2, 0) is 23.4 Å². The molecule has 0 radical (unpaired) electrons. The van der Waals surface area contributed by atoms with Crippen molar-refractivity contribution in [1.82, 2.24) is 20.4 Å². The maximum absolute atomic E-state index is 11.7. The smallest absolute Gasteiger partial charge is 0.191 e. The lowest BCUT2D eigenvalue weighted by Crippen LogP contribution is -2.47. The SMILES string of the molecule is Cn1nccc1CN=C(NCC1CCS(=O)(=O)C1)NC1CC2CCC1C2.I. The third-order valence-corrected chi connectivity index (χ3v) is 8.10. The van der Waals surface area contributed by atoms with E-state index in [1.807, 2.05) is 17.8 Å². The molecule has 4 unspecified atom stereocenters. The van der Waals surface area contributed by atoms with Crippen molar-refractivity contribution in [2.75, 3.05) is 18.1 Å². The maximum atomic E-state index is 11.7. The molecule has 2 bridgehead atoms. The average molecular weight is 507 g/mol. The number of aryl methyl sites for hydroxylation is 1. The fourth-order valence-corrected chi connectivity index (χ4v) is 6.60. The summed E-state index contributed by atoms with van der Waals surface area (Å²) in [5.41, 5.74) is 1.06. The normalized spacial score (nSPS) is 31.7. The summed E-state index contributed by atoms with van der Waals surface area (Å²) >= 11 is 0. The minimum Gasteiger partial charge on any atom is -0.356 e. The van der Waals surface area contributed by atoms with Gasteiger partial charge in [0.05, 0.1) is 23.7 Å². The van der Waals surface area contributed by atoms with E-state index in [1.54, 1.807) is 6.20 Å². The van der Waals surface area contributed by atoms with E-state index in [2.05, 4.69) is 15.7 Å². The zero-order valence-electron chi connectivity index (χ0n) is 15.8. The summed E-state index contributed by atoms with van der Waals surface area (Å²) in [6.45, 7) is 1.23. The molecule has 1 aromatic heterocycles. The minimum absolute atomic E-state index is 0. The third kappa shape index (κ3) is 5.16. The van der Waals surface area contributed by atoms with Crippen LogP contribution >= 0.6 is 24.0 Å². The number of aliphatic imine (C=N–C) groups is 1. The van der Waals surface area contributed by atoms with Crippen LogP contribution in [0.2, 0.25) is 0 Å². The van der Waals surface area contributed by atoms with Crippen molar-refractivity contribution in [1.29, 1.82) is 0 Å². The van der Waals surface area contributed by atoms with Crippen LogP contribution in [0.3, 0.4) is 0 Å². The first-order valence-electron chi connectivity index (χ1n) is 9.70. The van der Waals surface area contributed by atoms with E-state index in [0.29, 0.717) is 30.6 Å². The predicted molar refractivity (Wildman–Crippen MR) is 117 cm³/mol. The summed E-state index contributed by atoms with van der Waals surface area (Å²) in [5.74, 6) is 3.24. The fourth-order valence-electron chi connectivity index (χ4n) is 4.74. The number of rotatable bonds is 5. The van der Waals surface area contributed by atoms with Gasteiger partial charge in [0.25, 0.3) is 0 Å². The topological polar surface area (TPSA) is 88.4 Å². The van der Waals surface area contributed by atoms with Gasteiger partial charge in [-0.3, -0.25) is 4.68 Å². The standard InChI is InChI=1S/C18H29N5O2S.HI/c1-23-16(4-6-21-23)11-20-18(19-10-14-5-7-26(24,25)12-14)22-17-9-13-2-3-15(17)8-13;/h4,6,13-15,17H,2-3,5,7-12H2,1H3,(H2,19,20,22);1H. The summed E-state index contributed by atoms with van der Waals surface area (Å²) < 4.78 is 25.2. The van der Waals surface area contributed by atoms with Gasteiger partial charge in [-0.05, 0) is 49.5 Å². The molecule has 2 N–H and O–H groups in total. The van der Waals surface area contributed by atoms with E-state index in [4.69, 9.17) is 4.99 Å². The van der Waals surface area contributed by atoms with Gasteiger partial charge in [-0.25, -0.2) is 13.4 Å². The highest BCUT2D eigenvalue weighted by atomic mass is 127. The second-order valence-corrected chi connectivity index (χ2v) is 10.4. The molecule has 1 saturated heterocycles. The van der Waals surface area contributed by atoms with Gasteiger partial charge in [-0.15, -0.1) is 24.0 Å². The van der Waals surface area contributed by atoms with Crippen LogP contribution in [0.5, 0.6) is 0 Å². The molecular weight excluding hydrogens is 477 g/mol.